The van der Waals surface area contributed by atoms with Gasteiger partial charge >= 0.3 is 0 Å². The summed E-state index contributed by atoms with van der Waals surface area (Å²) in [5.41, 5.74) is 4.01. The van der Waals surface area contributed by atoms with Gasteiger partial charge < -0.3 is 10.2 Å². The van der Waals surface area contributed by atoms with Crippen LogP contribution in [0, 0.1) is 13.8 Å². The van der Waals surface area contributed by atoms with E-state index in [0.717, 1.165) is 28.7 Å². The Morgan fingerprint density at radius 1 is 0.929 bits per heavy atom. The molecule has 0 bridgehead atoms. The Morgan fingerprint density at radius 2 is 1.64 bits per heavy atom. The second-order valence-electron chi connectivity index (χ2n) is 10.5. The Labute approximate surface area is 259 Å². The molecule has 0 radical (unpaired) electrons. The number of nitrogens with zero attached hydrogens (tertiary/aromatic N) is 2. The third kappa shape index (κ3) is 9.48. The van der Waals surface area contributed by atoms with Gasteiger partial charge in [0.2, 0.25) is 21.8 Å². The summed E-state index contributed by atoms with van der Waals surface area (Å²) < 4.78 is 26.9. The number of benzene rings is 3. The van der Waals surface area contributed by atoms with E-state index in [1.807, 2.05) is 69.3 Å². The van der Waals surface area contributed by atoms with Crippen LogP contribution in [0.15, 0.2) is 66.7 Å². The van der Waals surface area contributed by atoms with Crippen molar-refractivity contribution < 1.29 is 18.0 Å². The topological polar surface area (TPSA) is 86.8 Å². The smallest absolute Gasteiger partial charge is 0.243 e. The molecule has 0 heterocycles. The molecule has 0 unspecified atom stereocenters. The van der Waals surface area contributed by atoms with Gasteiger partial charge in [-0.3, -0.25) is 13.9 Å². The third-order valence-corrected chi connectivity index (χ3v) is 8.86. The average molecular weight is 633 g/mol. The minimum Gasteiger partial charge on any atom is -0.354 e. The number of carbonyl (C=O) groups is 2. The average Bonchev–Trinajstić information content (AvgIpc) is 2.94. The highest BCUT2D eigenvalue weighted by Gasteiger charge is 2.30. The number of sulfonamides is 1. The summed E-state index contributed by atoms with van der Waals surface area (Å²) in [6.45, 7) is 6.48. The van der Waals surface area contributed by atoms with Crippen molar-refractivity contribution in [1.29, 1.82) is 0 Å². The van der Waals surface area contributed by atoms with Crippen molar-refractivity contribution in [1.82, 2.24) is 10.2 Å². The zero-order valence-corrected chi connectivity index (χ0v) is 26.9. The highest BCUT2D eigenvalue weighted by atomic mass is 35.5. The normalized spacial score (nSPS) is 12.0. The molecule has 0 fully saturated rings. The summed E-state index contributed by atoms with van der Waals surface area (Å²) in [5, 5.41) is 3.70. The molecular weight excluding hydrogens is 593 g/mol. The van der Waals surface area contributed by atoms with Crippen LogP contribution in [0.25, 0.3) is 0 Å². The lowest BCUT2D eigenvalue weighted by Crippen LogP contribution is -2.50. The molecule has 2 amide bonds. The van der Waals surface area contributed by atoms with Crippen molar-refractivity contribution in [2.45, 2.75) is 59.0 Å². The van der Waals surface area contributed by atoms with Crippen molar-refractivity contribution in [3.63, 3.8) is 0 Å². The first-order valence-corrected chi connectivity index (χ1v) is 16.6. The van der Waals surface area contributed by atoms with Gasteiger partial charge in [0.25, 0.3) is 0 Å². The van der Waals surface area contributed by atoms with Crippen LogP contribution < -0.4 is 9.62 Å². The van der Waals surface area contributed by atoms with E-state index in [0.29, 0.717) is 28.7 Å². The van der Waals surface area contributed by atoms with Gasteiger partial charge in [-0.15, -0.1) is 0 Å². The standard InChI is InChI=1S/C32H39Cl2N3O4S/c1-5-17-35-32(39)30(21-25-10-7-6-8-11-25)36(22-26-15-16-27(33)28(34)20-26)31(38)12-9-18-37(42(4,40)41)29-19-23(2)13-14-24(29)3/h6-8,10-11,13-16,19-20,30H,5,9,12,17-18,21-22H2,1-4H3,(H,35,39)/t30-/m1/s1. The molecule has 0 spiro atoms. The Bertz CT molecular complexity index is 1480. The molecule has 0 aliphatic carbocycles. The SMILES string of the molecule is CCCNC(=O)[C@@H](Cc1ccccc1)N(Cc1ccc(Cl)c(Cl)c1)C(=O)CCCN(c1cc(C)ccc1C)S(C)(=O)=O. The van der Waals surface area contributed by atoms with E-state index in [9.17, 15) is 18.0 Å². The van der Waals surface area contributed by atoms with E-state index in [4.69, 9.17) is 23.2 Å². The van der Waals surface area contributed by atoms with E-state index < -0.39 is 16.1 Å². The summed E-state index contributed by atoms with van der Waals surface area (Å²) >= 11 is 12.4. The van der Waals surface area contributed by atoms with Gasteiger partial charge in [-0.25, -0.2) is 8.42 Å². The number of halogens is 2. The van der Waals surface area contributed by atoms with E-state index in [1.54, 1.807) is 23.1 Å². The number of carbonyl (C=O) groups excluding carboxylic acids is 2. The molecule has 42 heavy (non-hydrogen) atoms. The van der Waals surface area contributed by atoms with Gasteiger partial charge in [-0.2, -0.15) is 0 Å². The number of nitrogens with one attached hydrogen (secondary N) is 1. The fourth-order valence-electron chi connectivity index (χ4n) is 4.73. The molecule has 7 nitrogen and oxygen atoms in total. The van der Waals surface area contributed by atoms with E-state index >= 15 is 0 Å². The molecule has 3 aromatic carbocycles. The van der Waals surface area contributed by atoms with E-state index in [2.05, 4.69) is 5.32 Å². The molecule has 0 aromatic heterocycles. The minimum absolute atomic E-state index is 0.0462. The molecular formula is C32H39Cl2N3O4S. The largest absolute Gasteiger partial charge is 0.354 e. The summed E-state index contributed by atoms with van der Waals surface area (Å²) in [7, 11) is -3.60. The number of hydrogen-bond donors (Lipinski definition) is 1. The Kier molecular flexibility index (Phi) is 12.3. The van der Waals surface area contributed by atoms with E-state index in [-0.39, 0.29) is 37.7 Å². The lowest BCUT2D eigenvalue weighted by Gasteiger charge is -2.32. The second kappa shape index (κ2) is 15.4. The fraction of sp³-hybridized carbons (Fsp3) is 0.375. The number of rotatable bonds is 14. The van der Waals surface area contributed by atoms with Crippen LogP contribution in [0.3, 0.4) is 0 Å². The van der Waals surface area contributed by atoms with Crippen LogP contribution in [-0.4, -0.2) is 50.5 Å². The van der Waals surface area contributed by atoms with Crippen LogP contribution >= 0.6 is 23.2 Å². The number of amides is 2. The Hall–Kier alpha value is -3.07. The molecule has 0 aliphatic rings. The number of anilines is 1. The summed E-state index contributed by atoms with van der Waals surface area (Å²) in [5.74, 6) is -0.509. The van der Waals surface area contributed by atoms with Crippen molar-refractivity contribution in [2.75, 3.05) is 23.7 Å². The molecule has 0 saturated carbocycles. The third-order valence-electron chi connectivity index (χ3n) is 6.94. The van der Waals surface area contributed by atoms with Crippen LogP contribution in [0.2, 0.25) is 10.0 Å². The first kappa shape index (κ1) is 33.4. The molecule has 3 aromatic rings. The van der Waals surface area contributed by atoms with Gasteiger partial charge in [0.1, 0.15) is 6.04 Å². The van der Waals surface area contributed by atoms with Crippen molar-refractivity contribution in [3.05, 3.63) is 99.0 Å². The maximum absolute atomic E-state index is 13.9. The fourth-order valence-corrected chi connectivity index (χ4v) is 6.06. The lowest BCUT2D eigenvalue weighted by atomic mass is 10.0. The van der Waals surface area contributed by atoms with E-state index in [1.165, 1.54) is 10.6 Å². The first-order valence-electron chi connectivity index (χ1n) is 14.0. The van der Waals surface area contributed by atoms with Gasteiger partial charge in [-0.1, -0.05) is 78.7 Å². The van der Waals surface area contributed by atoms with Crippen LogP contribution in [0.1, 0.15) is 48.4 Å². The second-order valence-corrected chi connectivity index (χ2v) is 13.2. The van der Waals surface area contributed by atoms with Gasteiger partial charge in [-0.05, 0) is 67.1 Å². The Balaban J connectivity index is 1.91. The molecule has 226 valence electrons. The first-order chi connectivity index (χ1) is 19.9. The van der Waals surface area contributed by atoms with Crippen LogP contribution in [0.4, 0.5) is 5.69 Å². The summed E-state index contributed by atoms with van der Waals surface area (Å²) in [6.07, 6.45) is 2.56. The number of hydrogen-bond acceptors (Lipinski definition) is 4. The van der Waals surface area contributed by atoms with Crippen LogP contribution in [-0.2, 0) is 32.6 Å². The monoisotopic (exact) mass is 631 g/mol. The minimum atomic E-state index is -3.60. The molecule has 0 aliphatic heterocycles. The Morgan fingerprint density at radius 3 is 2.29 bits per heavy atom. The maximum atomic E-state index is 13.9. The van der Waals surface area contributed by atoms with Gasteiger partial charge in [0.05, 0.1) is 22.0 Å². The zero-order valence-electron chi connectivity index (χ0n) is 24.6. The summed E-state index contributed by atoms with van der Waals surface area (Å²) in [6, 6.07) is 19.6. The van der Waals surface area contributed by atoms with Gasteiger partial charge in [0.15, 0.2) is 0 Å². The maximum Gasteiger partial charge on any atom is 0.243 e. The lowest BCUT2D eigenvalue weighted by molar-refractivity contribution is -0.141. The highest BCUT2D eigenvalue weighted by Crippen LogP contribution is 2.26. The molecule has 10 heteroatoms. The van der Waals surface area contributed by atoms with Crippen LogP contribution in [0.5, 0.6) is 0 Å². The highest BCUT2D eigenvalue weighted by molar-refractivity contribution is 7.92. The van der Waals surface area contributed by atoms with Crippen molar-refractivity contribution >= 4 is 50.7 Å². The quantitative estimate of drug-likeness (QED) is 0.225. The van der Waals surface area contributed by atoms with Gasteiger partial charge in [0, 0.05) is 32.5 Å². The predicted octanol–water partition coefficient (Wildman–Crippen LogP) is 6.32. The molecule has 1 N–H and O–H groups in total. The van der Waals surface area contributed by atoms with Crippen molar-refractivity contribution in [2.24, 2.45) is 0 Å². The molecule has 1 atom stereocenters. The predicted molar refractivity (Wildman–Crippen MR) is 172 cm³/mol. The van der Waals surface area contributed by atoms with Crippen molar-refractivity contribution in [3.8, 4) is 0 Å². The number of aryl methyl sites for hydroxylation is 2. The molecule has 3 rings (SSSR count). The molecule has 0 saturated heterocycles. The summed E-state index contributed by atoms with van der Waals surface area (Å²) in [4.78, 5) is 29.0. The zero-order chi connectivity index (χ0) is 30.9.